The van der Waals surface area contributed by atoms with E-state index in [1.165, 1.54) is 50.6 Å². The second-order valence-corrected chi connectivity index (χ2v) is 17.1. The number of aryl methyl sites for hydroxylation is 13. The molecule has 0 atom stereocenters. The molecule has 0 aromatic carbocycles. The summed E-state index contributed by atoms with van der Waals surface area (Å²) in [6, 6.07) is 11.5. The molecule has 11 aromatic rings. The summed E-state index contributed by atoms with van der Waals surface area (Å²) in [5, 5.41) is 54.4. The molecule has 11 aromatic heterocycles. The van der Waals surface area contributed by atoms with Crippen molar-refractivity contribution in [2.45, 2.75) is 201 Å². The molecule has 0 aliphatic heterocycles. The molecule has 0 spiro atoms. The molecule has 0 amide bonds. The van der Waals surface area contributed by atoms with Gasteiger partial charge in [-0.15, -0.1) is 41.9 Å². The maximum atomic E-state index is 4.86. The fourth-order valence-corrected chi connectivity index (χ4v) is 5.51. The summed E-state index contributed by atoms with van der Waals surface area (Å²) in [5.74, 6) is 2.10. The highest BCUT2D eigenvalue weighted by Gasteiger charge is 1.90. The predicted octanol–water partition coefficient (Wildman–Crippen LogP) is 18.8. The first-order valence-corrected chi connectivity index (χ1v) is 32.5. The van der Waals surface area contributed by atoms with Crippen molar-refractivity contribution in [1.82, 2.24) is 93.8 Å². The van der Waals surface area contributed by atoms with Gasteiger partial charge in [0.1, 0.15) is 28.4 Å². The van der Waals surface area contributed by atoms with Gasteiger partial charge in [-0.3, -0.25) is 20.0 Å². The minimum Gasteiger partial charge on any atom is -0.426 e. The van der Waals surface area contributed by atoms with Gasteiger partial charge in [0.25, 0.3) is 0 Å². The summed E-state index contributed by atoms with van der Waals surface area (Å²) in [6.45, 7) is 57.3. The van der Waals surface area contributed by atoms with Crippen molar-refractivity contribution < 1.29 is 8.94 Å². The Balaban J connectivity index is -0.000000106. The Bertz CT molecular complexity index is 2070. The molecular formula is C61H115N19O2S4. The van der Waals surface area contributed by atoms with E-state index in [2.05, 4.69) is 89.1 Å². The van der Waals surface area contributed by atoms with E-state index < -0.39 is 0 Å². The maximum absolute atomic E-state index is 4.86. The number of hydrogen-bond donors (Lipinski definition) is 3. The van der Waals surface area contributed by atoms with Crippen molar-refractivity contribution in [3.63, 3.8) is 0 Å². The Morgan fingerprint density at radius 3 is 1.13 bits per heavy atom. The number of nitrogens with zero attached hydrogens (tertiary/aromatic N) is 16. The summed E-state index contributed by atoms with van der Waals surface area (Å²) in [7, 11) is 3.76. The van der Waals surface area contributed by atoms with Crippen LogP contribution >= 0.6 is 45.9 Å². The van der Waals surface area contributed by atoms with E-state index in [1.807, 2.05) is 261 Å². The largest absolute Gasteiger partial charge is 0.426 e. The lowest BCUT2D eigenvalue weighted by Gasteiger charge is -1.77. The third-order valence-electron chi connectivity index (χ3n) is 6.60. The highest BCUT2D eigenvalue weighted by atomic mass is 32.1. The smallest absolute Gasteiger partial charge is 0.213 e. The summed E-state index contributed by atoms with van der Waals surface area (Å²) < 4.78 is 24.7. The topological polar surface area (TPSA) is 264 Å². The minimum absolute atomic E-state index is 0.623. The van der Waals surface area contributed by atoms with Crippen LogP contribution in [0.25, 0.3) is 0 Å². The fraction of sp³-hybridized carbons (Fsp3) is 0.508. The number of H-pyrrole nitrogens is 3. The van der Waals surface area contributed by atoms with Crippen LogP contribution < -0.4 is 0 Å². The van der Waals surface area contributed by atoms with Crippen LogP contribution in [0.3, 0.4) is 0 Å². The van der Waals surface area contributed by atoms with Crippen molar-refractivity contribution >= 4 is 45.9 Å². The molecule has 0 fully saturated rings. The van der Waals surface area contributed by atoms with E-state index >= 15 is 0 Å². The van der Waals surface area contributed by atoms with Crippen LogP contribution in [0.1, 0.15) is 185 Å². The van der Waals surface area contributed by atoms with Crippen LogP contribution in [0.15, 0.2) is 125 Å². The predicted molar refractivity (Wildman–Crippen MR) is 371 cm³/mol. The van der Waals surface area contributed by atoms with E-state index in [-0.39, 0.29) is 0 Å². The third kappa shape index (κ3) is 81.0. The second-order valence-electron chi connectivity index (χ2n) is 13.3. The molecule has 0 aliphatic carbocycles. The fourth-order valence-electron chi connectivity index (χ4n) is 3.44. The Labute approximate surface area is 536 Å². The van der Waals surface area contributed by atoms with Gasteiger partial charge in [-0.25, -0.2) is 8.75 Å². The molecule has 11 rings (SSSR count). The summed E-state index contributed by atoms with van der Waals surface area (Å²) in [6.07, 6.45) is 19.3. The molecule has 0 aliphatic rings. The van der Waals surface area contributed by atoms with Crippen molar-refractivity contribution in [1.29, 1.82) is 0 Å². The van der Waals surface area contributed by atoms with Crippen LogP contribution in [0.5, 0.6) is 0 Å². The van der Waals surface area contributed by atoms with Crippen molar-refractivity contribution in [2.24, 2.45) is 14.1 Å². The molecule has 0 radical (unpaired) electrons. The lowest BCUT2D eigenvalue weighted by atomic mass is 10.4. The first-order chi connectivity index (χ1) is 41.6. The average molecular weight is 1270 g/mol. The number of hydrogen-bond acceptors (Lipinski definition) is 20. The zero-order valence-electron chi connectivity index (χ0n) is 58.6. The maximum Gasteiger partial charge on any atom is 0.213 e. The molecule has 0 saturated heterocycles. The van der Waals surface area contributed by atoms with Gasteiger partial charge >= 0.3 is 0 Å². The van der Waals surface area contributed by atoms with Crippen LogP contribution in [-0.2, 0) is 14.1 Å². The molecule has 25 heteroatoms. The average Bonchev–Trinajstić information content (AvgIpc) is 4.36. The standard InChI is InChI=1S/C4H6N2O.C4H6N2S.4C4H6N2.C4H5NO.3C4H5NS.C3H5N3.9C2H6/c2*1-3-5-6-4(2)7-3;1-4-2-5-6-3-4;1-6-4-2-3-5-6;3*1-4-2-3-5-6-4;1-4-2-5-6-3-4;1-4-2-3-6-5-4;1-4-2-3-5-6-4;1-6-2-4-5-3-6;9*1-2/h2*1-2H3;2-3H,1H3,(H,5,6);2-4H,1H3;2*2-3H,1H3,(H,5,6);5*2-3H,1H3;9*1-2H3. The Hall–Kier alpha value is -7.22. The van der Waals surface area contributed by atoms with Crippen LogP contribution in [0, 0.1) is 76.2 Å². The number of aromatic nitrogens is 19. The molecule has 86 heavy (non-hydrogen) atoms. The van der Waals surface area contributed by atoms with E-state index in [4.69, 9.17) is 4.42 Å². The van der Waals surface area contributed by atoms with Crippen LogP contribution in [0.2, 0.25) is 0 Å². The molecule has 0 bridgehead atoms. The lowest BCUT2D eigenvalue weighted by Crippen LogP contribution is -1.83. The highest BCUT2D eigenvalue weighted by Crippen LogP contribution is 2.04. The van der Waals surface area contributed by atoms with Crippen molar-refractivity contribution in [2.75, 3.05) is 0 Å². The van der Waals surface area contributed by atoms with Gasteiger partial charge in [-0.2, -0.15) is 24.8 Å². The van der Waals surface area contributed by atoms with Gasteiger partial charge in [-0.05, 0) is 138 Å². The Kier molecular flexibility index (Phi) is 95.9. The minimum atomic E-state index is 0.623. The highest BCUT2D eigenvalue weighted by molar-refractivity contribution is 7.11. The monoisotopic (exact) mass is 1270 g/mol. The molecule has 490 valence electrons. The Morgan fingerprint density at radius 2 is 1.01 bits per heavy atom. The van der Waals surface area contributed by atoms with Crippen molar-refractivity contribution in [3.05, 3.63) is 176 Å². The normalized spacial score (nSPS) is 7.71. The van der Waals surface area contributed by atoms with E-state index in [0.717, 1.165) is 32.9 Å². The van der Waals surface area contributed by atoms with Crippen molar-refractivity contribution in [3.8, 4) is 0 Å². The van der Waals surface area contributed by atoms with Gasteiger partial charge in [0.05, 0.1) is 18.1 Å². The first-order valence-electron chi connectivity index (χ1n) is 29.2. The van der Waals surface area contributed by atoms with Crippen LogP contribution in [-0.4, -0.2) is 93.8 Å². The zero-order valence-corrected chi connectivity index (χ0v) is 61.8. The van der Waals surface area contributed by atoms with Gasteiger partial charge in [0.15, 0.2) is 0 Å². The lowest BCUT2D eigenvalue weighted by molar-refractivity contribution is 0.397. The van der Waals surface area contributed by atoms with Gasteiger partial charge in [0.2, 0.25) is 11.8 Å². The molecule has 0 saturated carbocycles. The molecular weight excluding hydrogens is 1160 g/mol. The molecule has 0 unspecified atom stereocenters. The second kappa shape index (κ2) is 84.2. The Morgan fingerprint density at radius 1 is 0.500 bits per heavy atom. The summed E-state index contributed by atoms with van der Waals surface area (Å²) in [4.78, 5) is 1.27. The quantitative estimate of drug-likeness (QED) is 0.127. The summed E-state index contributed by atoms with van der Waals surface area (Å²) >= 11 is 6.13. The molecule has 11 heterocycles. The van der Waals surface area contributed by atoms with E-state index in [0.29, 0.717) is 11.8 Å². The number of aromatic amines is 3. The molecule has 21 nitrogen and oxygen atoms in total. The number of rotatable bonds is 0. The zero-order chi connectivity index (χ0) is 68.2. The van der Waals surface area contributed by atoms with Gasteiger partial charge in [0, 0.05) is 104 Å². The first kappa shape index (κ1) is 97.9. The van der Waals surface area contributed by atoms with Crippen LogP contribution in [0.4, 0.5) is 0 Å². The number of nitrogens with one attached hydrogen (secondary N) is 3. The third-order valence-corrected chi connectivity index (χ3v) is 9.36. The molecule has 3 N–H and O–H groups in total. The van der Waals surface area contributed by atoms with E-state index in [9.17, 15) is 0 Å². The van der Waals surface area contributed by atoms with Gasteiger partial charge in [-0.1, -0.05) is 130 Å². The van der Waals surface area contributed by atoms with E-state index in [1.54, 1.807) is 90.3 Å². The SMILES string of the molecule is CC.CC.CC.CC.CC.CC.CC.CC.CC.Cc1ccn[nH]1.Cc1ccn[nH]1.Cc1ccno1.Cc1ccns1.Cc1ccsn1.Cc1cn[nH]c1.Cc1cnsc1.Cc1nnc(C)o1.Cc1nnc(C)s1.Cn1cccn1.Cn1cnnc1. The summed E-state index contributed by atoms with van der Waals surface area (Å²) in [5.41, 5.74) is 5.75. The van der Waals surface area contributed by atoms with Gasteiger partial charge < -0.3 is 13.5 Å².